The number of amides is 1. The molecule has 1 amide bonds. The second-order valence-corrected chi connectivity index (χ2v) is 4.08. The Morgan fingerprint density at radius 1 is 1.10 bits per heavy atom. The highest BCUT2D eigenvalue weighted by Gasteiger charge is 2.25. The van der Waals surface area contributed by atoms with E-state index in [1.54, 1.807) is 24.3 Å². The molecule has 0 aromatic heterocycles. The minimum absolute atomic E-state index is 0.195. The van der Waals surface area contributed by atoms with Gasteiger partial charge in [0.05, 0.1) is 20.3 Å². The van der Waals surface area contributed by atoms with Crippen LogP contribution in [0, 0.1) is 0 Å². The predicted molar refractivity (Wildman–Crippen MR) is 77.0 cm³/mol. The lowest BCUT2D eigenvalue weighted by Crippen LogP contribution is -2.17. The van der Waals surface area contributed by atoms with Crippen LogP contribution in [0.4, 0.5) is 0 Å². The molecular weight excluding hydrogens is 270 g/mol. The number of allylic oxidation sites excluding steroid dienone is 2. The monoisotopic (exact) mass is 283 g/mol. The zero-order valence-electron chi connectivity index (χ0n) is 11.6. The summed E-state index contributed by atoms with van der Waals surface area (Å²) in [6.07, 6.45) is 2.92. The molecule has 0 heterocycles. The minimum atomic E-state index is -0.398. The number of carbonyl (C=O) groups is 1. The molecule has 106 valence electrons. The number of hydrogen-bond donors (Lipinski definition) is 0. The van der Waals surface area contributed by atoms with Crippen molar-refractivity contribution in [2.75, 3.05) is 14.2 Å². The van der Waals surface area contributed by atoms with Crippen LogP contribution in [0.5, 0.6) is 0 Å². The molecule has 6 nitrogen and oxygen atoms in total. The Morgan fingerprint density at radius 3 is 2.33 bits per heavy atom. The van der Waals surface area contributed by atoms with Gasteiger partial charge < -0.3 is 15.0 Å². The third-order valence-corrected chi connectivity index (χ3v) is 2.83. The molecular formula is C15H13N3O3. The predicted octanol–water partition coefficient (Wildman–Crippen LogP) is 2.01. The number of methoxy groups -OCH3 is 2. The average Bonchev–Trinajstić information content (AvgIpc) is 2.55. The molecule has 0 aliphatic heterocycles. The van der Waals surface area contributed by atoms with E-state index in [1.807, 2.05) is 6.07 Å². The fourth-order valence-electron chi connectivity index (χ4n) is 1.79. The van der Waals surface area contributed by atoms with Crippen molar-refractivity contribution in [1.29, 1.82) is 0 Å². The maximum atomic E-state index is 12.1. The van der Waals surface area contributed by atoms with Gasteiger partial charge in [-0.2, -0.15) is 4.79 Å². The third kappa shape index (κ3) is 3.13. The Morgan fingerprint density at radius 2 is 1.76 bits per heavy atom. The van der Waals surface area contributed by atoms with E-state index in [4.69, 9.17) is 15.0 Å². The Kier molecular flexibility index (Phi) is 4.43. The Bertz CT molecular complexity index is 696. The van der Waals surface area contributed by atoms with Gasteiger partial charge in [-0.1, -0.05) is 18.2 Å². The highest BCUT2D eigenvalue weighted by Crippen LogP contribution is 2.15. The topological polar surface area (TPSA) is 84.3 Å². The first kappa shape index (κ1) is 14.4. The molecule has 0 unspecified atom stereocenters. The van der Waals surface area contributed by atoms with E-state index in [0.717, 1.165) is 0 Å². The fraction of sp³-hybridized carbons (Fsp3) is 0.133. The lowest BCUT2D eigenvalue weighted by molar-refractivity contribution is -0.00697. The van der Waals surface area contributed by atoms with Gasteiger partial charge in [-0.15, -0.1) is 0 Å². The minimum Gasteiger partial charge on any atom is -0.494 e. The number of nitrogens with zero attached hydrogens (tertiary/aromatic N) is 3. The second-order valence-electron chi connectivity index (χ2n) is 4.08. The van der Waals surface area contributed by atoms with Gasteiger partial charge in [0.15, 0.2) is 5.76 Å². The number of rotatable bonds is 3. The summed E-state index contributed by atoms with van der Waals surface area (Å²) in [6, 6.07) is 8.68. The van der Waals surface area contributed by atoms with Crippen LogP contribution in [0.15, 0.2) is 59.0 Å². The normalized spacial score (nSPS) is 15.9. The molecule has 1 aliphatic rings. The largest absolute Gasteiger partial charge is 0.494 e. The van der Waals surface area contributed by atoms with Crippen LogP contribution in [-0.4, -0.2) is 36.3 Å². The molecule has 21 heavy (non-hydrogen) atoms. The van der Waals surface area contributed by atoms with Crippen LogP contribution >= 0.6 is 0 Å². The molecule has 2 rings (SSSR count). The van der Waals surface area contributed by atoms with Crippen molar-refractivity contribution in [1.82, 2.24) is 0 Å². The van der Waals surface area contributed by atoms with Crippen molar-refractivity contribution in [2.24, 2.45) is 4.99 Å². The van der Waals surface area contributed by atoms with Gasteiger partial charge in [0.1, 0.15) is 5.71 Å². The van der Waals surface area contributed by atoms with Crippen LogP contribution < -0.4 is 0 Å². The van der Waals surface area contributed by atoms with Gasteiger partial charge in [0.2, 0.25) is 5.76 Å². The van der Waals surface area contributed by atoms with Gasteiger partial charge in [0.25, 0.3) is 5.91 Å². The first-order valence-electron chi connectivity index (χ1n) is 6.12. The summed E-state index contributed by atoms with van der Waals surface area (Å²) in [4.78, 5) is 19.2. The van der Waals surface area contributed by atoms with E-state index in [9.17, 15) is 4.79 Å². The maximum absolute atomic E-state index is 12.1. The van der Waals surface area contributed by atoms with Gasteiger partial charge in [-0.25, -0.2) is 4.99 Å². The van der Waals surface area contributed by atoms with Crippen molar-refractivity contribution >= 4 is 17.3 Å². The summed E-state index contributed by atoms with van der Waals surface area (Å²) >= 11 is 0. The summed E-state index contributed by atoms with van der Waals surface area (Å²) in [7, 11) is 2.87. The van der Waals surface area contributed by atoms with Crippen molar-refractivity contribution < 1.29 is 19.1 Å². The fourth-order valence-corrected chi connectivity index (χ4v) is 1.79. The van der Waals surface area contributed by atoms with Crippen LogP contribution in [0.2, 0.25) is 0 Å². The van der Waals surface area contributed by atoms with Crippen molar-refractivity contribution in [2.45, 2.75) is 0 Å². The van der Waals surface area contributed by atoms with Gasteiger partial charge in [-0.3, -0.25) is 4.79 Å². The summed E-state index contributed by atoms with van der Waals surface area (Å²) in [5.74, 6) is 0.204. The first-order valence-corrected chi connectivity index (χ1v) is 6.12. The van der Waals surface area contributed by atoms with Crippen molar-refractivity contribution in [3.8, 4) is 0 Å². The summed E-state index contributed by atoms with van der Waals surface area (Å²) < 4.78 is 10.2. The summed E-state index contributed by atoms with van der Waals surface area (Å²) in [5, 5.41) is 0. The van der Waals surface area contributed by atoms with E-state index < -0.39 is 5.91 Å². The van der Waals surface area contributed by atoms with Gasteiger partial charge in [0, 0.05) is 11.6 Å². The second kappa shape index (κ2) is 6.45. The molecule has 0 radical (unpaired) electrons. The molecule has 0 spiro atoms. The number of ether oxygens (including phenoxy) is 2. The standard InChI is InChI=1S/C15H13N3O3/c1-20-13-9-12(18-16)14(21-2)8-11(13)17-15(19)10-6-4-3-5-7-10/h3-9H,1-2H3. The van der Waals surface area contributed by atoms with E-state index in [2.05, 4.69) is 9.78 Å². The van der Waals surface area contributed by atoms with Gasteiger partial charge >= 0.3 is 5.71 Å². The number of hydrogen-bond acceptors (Lipinski definition) is 3. The molecule has 1 aromatic rings. The molecule has 0 fully saturated rings. The first-order chi connectivity index (χ1) is 10.2. The number of carbonyl (C=O) groups excluding carboxylic acids is 1. The maximum Gasteiger partial charge on any atom is 0.360 e. The molecule has 0 N–H and O–H groups in total. The van der Waals surface area contributed by atoms with E-state index in [-0.39, 0.29) is 11.5 Å². The van der Waals surface area contributed by atoms with Crippen molar-refractivity contribution in [3.63, 3.8) is 0 Å². The van der Waals surface area contributed by atoms with Crippen LogP contribution in [0.1, 0.15) is 10.4 Å². The number of aliphatic imine (C=N–C) groups is 1. The molecule has 0 atom stereocenters. The van der Waals surface area contributed by atoms with Crippen LogP contribution in [-0.2, 0) is 9.47 Å². The molecule has 1 aliphatic carbocycles. The number of benzene rings is 1. The Hall–Kier alpha value is -2.98. The van der Waals surface area contributed by atoms with E-state index >= 15 is 0 Å². The molecule has 1 aromatic carbocycles. The molecule has 0 saturated carbocycles. The van der Waals surface area contributed by atoms with Crippen LogP contribution in [0.25, 0.3) is 5.53 Å². The van der Waals surface area contributed by atoms with E-state index in [1.165, 1.54) is 26.4 Å². The van der Waals surface area contributed by atoms with E-state index in [0.29, 0.717) is 17.0 Å². The highest BCUT2D eigenvalue weighted by molar-refractivity contribution is 6.23. The quantitative estimate of drug-likeness (QED) is 0.483. The lowest BCUT2D eigenvalue weighted by Gasteiger charge is -2.11. The molecule has 0 bridgehead atoms. The van der Waals surface area contributed by atoms with Crippen LogP contribution in [0.3, 0.4) is 0 Å². The highest BCUT2D eigenvalue weighted by atomic mass is 16.5. The molecule has 6 heteroatoms. The van der Waals surface area contributed by atoms with Gasteiger partial charge in [-0.05, 0) is 12.1 Å². The smallest absolute Gasteiger partial charge is 0.360 e. The van der Waals surface area contributed by atoms with Crippen molar-refractivity contribution in [3.05, 3.63) is 65.1 Å². The Balaban J connectivity index is 2.42. The zero-order chi connectivity index (χ0) is 15.2. The zero-order valence-corrected chi connectivity index (χ0v) is 11.6. The molecule has 0 saturated heterocycles. The SMILES string of the molecule is COC1=CC(=[N+]=[N-])C(OC)=CC1=NC(=O)c1ccccc1. The third-order valence-electron chi connectivity index (χ3n) is 2.83. The average molecular weight is 283 g/mol. The lowest BCUT2D eigenvalue weighted by atomic mass is 10.1. The Labute approximate surface area is 121 Å². The summed E-state index contributed by atoms with van der Waals surface area (Å²) in [5.41, 5.74) is 9.88. The summed E-state index contributed by atoms with van der Waals surface area (Å²) in [6.45, 7) is 0.